The molecule has 0 saturated carbocycles. The van der Waals surface area contributed by atoms with Gasteiger partial charge in [-0.2, -0.15) is 0 Å². The van der Waals surface area contributed by atoms with Crippen LogP contribution in [-0.4, -0.2) is 47.7 Å². The summed E-state index contributed by atoms with van der Waals surface area (Å²) in [6.07, 6.45) is 2.79. The van der Waals surface area contributed by atoms with Crippen LogP contribution >= 0.6 is 0 Å². The second-order valence-electron chi connectivity index (χ2n) is 5.08. The van der Waals surface area contributed by atoms with Crippen molar-refractivity contribution >= 4 is 17.7 Å². The lowest BCUT2D eigenvalue weighted by Gasteiger charge is -2.17. The van der Waals surface area contributed by atoms with Crippen molar-refractivity contribution in [3.05, 3.63) is 65.5 Å². The van der Waals surface area contributed by atoms with Crippen molar-refractivity contribution in [2.75, 3.05) is 20.2 Å². The summed E-state index contributed by atoms with van der Waals surface area (Å²) >= 11 is 0. The molecule has 0 fully saturated rings. The predicted molar refractivity (Wildman–Crippen MR) is 87.7 cm³/mol. The van der Waals surface area contributed by atoms with Gasteiger partial charge in [0.05, 0.1) is 12.2 Å². The minimum Gasteiger partial charge on any atom is -0.465 e. The lowest BCUT2D eigenvalue weighted by Crippen LogP contribution is -2.34. The molecule has 0 saturated heterocycles. The zero-order valence-corrected chi connectivity index (χ0v) is 13.6. The van der Waals surface area contributed by atoms with Crippen molar-refractivity contribution < 1.29 is 19.1 Å². The first kappa shape index (κ1) is 17.3. The van der Waals surface area contributed by atoms with E-state index in [4.69, 9.17) is 4.74 Å². The zero-order valence-electron chi connectivity index (χ0n) is 13.6. The number of carbonyl (C=O) groups is 3. The summed E-state index contributed by atoms with van der Waals surface area (Å²) in [7, 11) is 1.48. The molecule has 0 N–H and O–H groups in total. The first-order chi connectivity index (χ1) is 11.5. The molecule has 0 aliphatic rings. The van der Waals surface area contributed by atoms with Crippen LogP contribution in [0.15, 0.2) is 48.8 Å². The van der Waals surface area contributed by atoms with Gasteiger partial charge in [-0.15, -0.1) is 0 Å². The maximum atomic E-state index is 12.6. The minimum atomic E-state index is -0.506. The van der Waals surface area contributed by atoms with Gasteiger partial charge in [0, 0.05) is 30.6 Å². The van der Waals surface area contributed by atoms with Crippen molar-refractivity contribution in [3.8, 4) is 0 Å². The largest absolute Gasteiger partial charge is 0.465 e. The highest BCUT2D eigenvalue weighted by Gasteiger charge is 2.22. The SMILES string of the molecule is CCOC(=O)CN(C)C(=O)c1cnccc1C(=O)c1ccccc1. The Morgan fingerprint density at radius 1 is 1.08 bits per heavy atom. The summed E-state index contributed by atoms with van der Waals surface area (Å²) in [6, 6.07) is 10.2. The highest BCUT2D eigenvalue weighted by atomic mass is 16.5. The number of benzene rings is 1. The average Bonchev–Trinajstić information content (AvgIpc) is 2.61. The molecule has 1 aromatic carbocycles. The van der Waals surface area contributed by atoms with Crippen LogP contribution in [0.2, 0.25) is 0 Å². The number of carbonyl (C=O) groups excluding carboxylic acids is 3. The van der Waals surface area contributed by atoms with E-state index in [9.17, 15) is 14.4 Å². The normalized spacial score (nSPS) is 10.1. The van der Waals surface area contributed by atoms with Crippen molar-refractivity contribution in [3.63, 3.8) is 0 Å². The van der Waals surface area contributed by atoms with Crippen LogP contribution in [0.4, 0.5) is 0 Å². The summed E-state index contributed by atoms with van der Waals surface area (Å²) in [6.45, 7) is 1.74. The van der Waals surface area contributed by atoms with Crippen molar-refractivity contribution in [2.24, 2.45) is 0 Å². The van der Waals surface area contributed by atoms with E-state index in [1.807, 2.05) is 6.07 Å². The van der Waals surface area contributed by atoms with Crippen LogP contribution in [0.3, 0.4) is 0 Å². The molecule has 0 spiro atoms. The number of esters is 1. The topological polar surface area (TPSA) is 76.6 Å². The molecule has 2 rings (SSSR count). The molecule has 0 aliphatic carbocycles. The van der Waals surface area contributed by atoms with Gasteiger partial charge in [0.1, 0.15) is 6.54 Å². The lowest BCUT2D eigenvalue weighted by molar-refractivity contribution is -0.143. The number of likely N-dealkylation sites (N-methyl/N-ethyl adjacent to an activating group) is 1. The van der Waals surface area contributed by atoms with E-state index in [-0.39, 0.29) is 30.1 Å². The van der Waals surface area contributed by atoms with Gasteiger partial charge in [-0.1, -0.05) is 30.3 Å². The van der Waals surface area contributed by atoms with Gasteiger partial charge in [0.2, 0.25) is 0 Å². The molecular weight excluding hydrogens is 308 g/mol. The molecule has 1 amide bonds. The maximum Gasteiger partial charge on any atom is 0.325 e. The maximum absolute atomic E-state index is 12.6. The van der Waals surface area contributed by atoms with Crippen LogP contribution in [0.1, 0.15) is 33.2 Å². The van der Waals surface area contributed by atoms with Gasteiger partial charge in [-0.05, 0) is 13.0 Å². The van der Waals surface area contributed by atoms with Crippen molar-refractivity contribution in [1.82, 2.24) is 9.88 Å². The predicted octanol–water partition coefficient (Wildman–Crippen LogP) is 1.95. The first-order valence-electron chi connectivity index (χ1n) is 7.49. The van der Waals surface area contributed by atoms with Gasteiger partial charge >= 0.3 is 5.97 Å². The molecule has 0 bridgehead atoms. The number of rotatable bonds is 6. The standard InChI is InChI=1S/C18H18N2O4/c1-3-24-16(21)12-20(2)18(23)15-11-19-10-9-14(15)17(22)13-7-5-4-6-8-13/h4-11H,3,12H2,1-2H3. The minimum absolute atomic E-state index is 0.151. The molecular formula is C18H18N2O4. The fourth-order valence-electron chi connectivity index (χ4n) is 2.19. The van der Waals surface area contributed by atoms with E-state index >= 15 is 0 Å². The summed E-state index contributed by atoms with van der Waals surface area (Å²) in [5.41, 5.74) is 0.876. The molecule has 2 aromatic rings. The van der Waals surface area contributed by atoms with E-state index in [1.54, 1.807) is 31.2 Å². The van der Waals surface area contributed by atoms with Crippen molar-refractivity contribution in [2.45, 2.75) is 6.92 Å². The molecule has 0 atom stereocenters. The first-order valence-corrected chi connectivity index (χ1v) is 7.49. The van der Waals surface area contributed by atoms with E-state index in [0.717, 1.165) is 0 Å². The molecule has 124 valence electrons. The Hall–Kier alpha value is -3.02. The highest BCUT2D eigenvalue weighted by Crippen LogP contribution is 2.15. The number of pyridine rings is 1. The van der Waals surface area contributed by atoms with Crippen LogP contribution in [0.25, 0.3) is 0 Å². The fraction of sp³-hybridized carbons (Fsp3) is 0.222. The van der Waals surface area contributed by atoms with E-state index in [0.29, 0.717) is 5.56 Å². The molecule has 6 heteroatoms. The smallest absolute Gasteiger partial charge is 0.325 e. The Kier molecular flexibility index (Phi) is 5.78. The van der Waals surface area contributed by atoms with E-state index in [2.05, 4.69) is 4.98 Å². The highest BCUT2D eigenvalue weighted by molar-refractivity contribution is 6.15. The second kappa shape index (κ2) is 8.01. The number of ketones is 1. The lowest BCUT2D eigenvalue weighted by atomic mass is 9.99. The number of aromatic nitrogens is 1. The Morgan fingerprint density at radius 3 is 2.46 bits per heavy atom. The third-order valence-corrected chi connectivity index (χ3v) is 3.35. The van der Waals surface area contributed by atoms with Gasteiger partial charge in [-0.25, -0.2) is 0 Å². The summed E-state index contributed by atoms with van der Waals surface area (Å²) in [5, 5.41) is 0. The van der Waals surface area contributed by atoms with Crippen LogP contribution < -0.4 is 0 Å². The average molecular weight is 326 g/mol. The molecule has 24 heavy (non-hydrogen) atoms. The van der Waals surface area contributed by atoms with Gasteiger partial charge in [0.15, 0.2) is 5.78 Å². The van der Waals surface area contributed by atoms with Crippen LogP contribution in [0.5, 0.6) is 0 Å². The molecule has 0 radical (unpaired) electrons. The number of hydrogen-bond acceptors (Lipinski definition) is 5. The number of ether oxygens (including phenoxy) is 1. The summed E-state index contributed by atoms with van der Waals surface area (Å²) < 4.78 is 4.83. The second-order valence-corrected chi connectivity index (χ2v) is 5.08. The van der Waals surface area contributed by atoms with Gasteiger partial charge in [-0.3, -0.25) is 19.4 Å². The summed E-state index contributed by atoms with van der Waals surface area (Å²) in [4.78, 5) is 41.9. The summed E-state index contributed by atoms with van der Waals surface area (Å²) in [5.74, 6) is -1.24. The molecule has 0 aliphatic heterocycles. The third-order valence-electron chi connectivity index (χ3n) is 3.35. The van der Waals surface area contributed by atoms with Crippen molar-refractivity contribution in [1.29, 1.82) is 0 Å². The Morgan fingerprint density at radius 2 is 1.79 bits per heavy atom. The number of hydrogen-bond donors (Lipinski definition) is 0. The Bertz CT molecular complexity index is 744. The third kappa shape index (κ3) is 4.04. The van der Waals surface area contributed by atoms with E-state index in [1.165, 1.54) is 30.4 Å². The quantitative estimate of drug-likeness (QED) is 0.599. The number of amides is 1. The molecule has 6 nitrogen and oxygen atoms in total. The van der Waals surface area contributed by atoms with Gasteiger partial charge < -0.3 is 9.64 Å². The van der Waals surface area contributed by atoms with Crippen LogP contribution in [-0.2, 0) is 9.53 Å². The van der Waals surface area contributed by atoms with E-state index < -0.39 is 11.9 Å². The molecule has 1 aromatic heterocycles. The fourth-order valence-corrected chi connectivity index (χ4v) is 2.19. The Labute approximate surface area is 140 Å². The monoisotopic (exact) mass is 326 g/mol. The number of nitrogens with zero attached hydrogens (tertiary/aromatic N) is 2. The molecule has 0 unspecified atom stereocenters. The van der Waals surface area contributed by atoms with Gasteiger partial charge in [0.25, 0.3) is 5.91 Å². The zero-order chi connectivity index (χ0) is 17.5. The molecule has 1 heterocycles. The van der Waals surface area contributed by atoms with Crippen LogP contribution in [0, 0.1) is 0 Å². The Balaban J connectivity index is 2.27.